The van der Waals surface area contributed by atoms with Gasteiger partial charge in [-0.05, 0) is 63.2 Å². The average Bonchev–Trinajstić information content (AvgIpc) is 2.52. The number of hydrogen-bond donors (Lipinski definition) is 1. The number of carbonyl (C=O) groups excluding carboxylic acids is 1. The van der Waals surface area contributed by atoms with Crippen molar-refractivity contribution < 1.29 is 22.3 Å². The smallest absolute Gasteiger partial charge is 0.241 e. The van der Waals surface area contributed by atoms with Crippen LogP contribution < -0.4 is 9.46 Å². The second-order valence-electron chi connectivity index (χ2n) is 6.56. The first-order valence-corrected chi connectivity index (χ1v) is 9.04. The van der Waals surface area contributed by atoms with Gasteiger partial charge in [0.2, 0.25) is 10.0 Å². The largest absolute Gasteiger partial charge is 0.494 e. The Morgan fingerprint density at radius 1 is 1.04 bits per heavy atom. The van der Waals surface area contributed by atoms with Gasteiger partial charge in [-0.25, -0.2) is 17.5 Å². The predicted molar refractivity (Wildman–Crippen MR) is 92.9 cm³/mol. The van der Waals surface area contributed by atoms with E-state index in [9.17, 15) is 17.6 Å². The maximum atomic E-state index is 13.7. The molecule has 5 nitrogen and oxygen atoms in total. The van der Waals surface area contributed by atoms with Crippen LogP contribution in [0.5, 0.6) is 5.75 Å². The number of ether oxygens (including phenoxy) is 1. The molecular weight excluding hydrogens is 345 g/mol. The average molecular weight is 365 g/mol. The van der Waals surface area contributed by atoms with Gasteiger partial charge < -0.3 is 4.74 Å². The number of sulfonamides is 1. The molecule has 1 N–H and O–H groups in total. The van der Waals surface area contributed by atoms with Gasteiger partial charge >= 0.3 is 0 Å². The molecule has 0 bridgehead atoms. The molecule has 0 unspecified atom stereocenters. The van der Waals surface area contributed by atoms with Crippen molar-refractivity contribution in [1.82, 2.24) is 4.72 Å². The number of rotatable bonds is 5. The van der Waals surface area contributed by atoms with E-state index in [-0.39, 0.29) is 21.8 Å². The van der Waals surface area contributed by atoms with Crippen molar-refractivity contribution in [3.63, 3.8) is 0 Å². The van der Waals surface area contributed by atoms with Gasteiger partial charge in [-0.15, -0.1) is 0 Å². The summed E-state index contributed by atoms with van der Waals surface area (Å²) in [7, 11) is -2.34. The van der Waals surface area contributed by atoms with Gasteiger partial charge in [-0.1, -0.05) is 0 Å². The number of nitrogens with one attached hydrogen (secondary N) is 1. The van der Waals surface area contributed by atoms with Crippen LogP contribution in [0.1, 0.15) is 36.7 Å². The van der Waals surface area contributed by atoms with Crippen molar-refractivity contribution in [2.45, 2.75) is 31.2 Å². The number of hydrogen-bond acceptors (Lipinski definition) is 4. The van der Waals surface area contributed by atoms with Gasteiger partial charge in [0, 0.05) is 16.7 Å². The fraction of sp³-hybridized carbons (Fsp3) is 0.278. The summed E-state index contributed by atoms with van der Waals surface area (Å²) < 4.78 is 45.6. The Morgan fingerprint density at radius 3 is 2.08 bits per heavy atom. The van der Waals surface area contributed by atoms with E-state index in [1.807, 2.05) is 0 Å². The number of carbonyl (C=O) groups is 1. The highest BCUT2D eigenvalue weighted by molar-refractivity contribution is 7.89. The molecule has 0 atom stereocenters. The van der Waals surface area contributed by atoms with Crippen LogP contribution in [0.3, 0.4) is 0 Å². The Balaban J connectivity index is 2.28. The van der Waals surface area contributed by atoms with Crippen molar-refractivity contribution in [2.24, 2.45) is 0 Å². The van der Waals surface area contributed by atoms with Crippen LogP contribution in [0.25, 0.3) is 0 Å². The third-order valence-corrected chi connectivity index (χ3v) is 5.06. The van der Waals surface area contributed by atoms with Gasteiger partial charge in [-0.3, -0.25) is 4.79 Å². The monoisotopic (exact) mass is 365 g/mol. The second kappa shape index (κ2) is 6.93. The van der Waals surface area contributed by atoms with Gasteiger partial charge in [0.1, 0.15) is 0 Å². The first-order chi connectivity index (χ1) is 11.5. The van der Waals surface area contributed by atoms with Gasteiger partial charge in [0.15, 0.2) is 17.3 Å². The minimum Gasteiger partial charge on any atom is -0.494 e. The van der Waals surface area contributed by atoms with Crippen LogP contribution in [0.2, 0.25) is 0 Å². The van der Waals surface area contributed by atoms with Crippen LogP contribution in [0, 0.1) is 5.82 Å². The van der Waals surface area contributed by atoms with E-state index in [2.05, 4.69) is 4.72 Å². The lowest BCUT2D eigenvalue weighted by molar-refractivity contribution is 0.103. The van der Waals surface area contributed by atoms with Crippen LogP contribution in [0.15, 0.2) is 47.4 Å². The van der Waals surface area contributed by atoms with Crippen molar-refractivity contribution in [1.29, 1.82) is 0 Å². The quantitative estimate of drug-likeness (QED) is 0.826. The minimum absolute atomic E-state index is 0.0474. The molecule has 134 valence electrons. The Labute approximate surface area is 146 Å². The lowest BCUT2D eigenvalue weighted by Gasteiger charge is -2.20. The molecule has 0 saturated carbocycles. The molecule has 2 aromatic carbocycles. The standard InChI is InChI=1S/C18H20FNO4S/c1-18(2,3)20-25(22,23)14-8-5-12(6-9-14)17(21)13-7-10-16(24-4)15(19)11-13/h5-11,20H,1-4H3. The summed E-state index contributed by atoms with van der Waals surface area (Å²) in [6.45, 7) is 5.21. The van der Waals surface area contributed by atoms with E-state index in [4.69, 9.17) is 4.74 Å². The first-order valence-electron chi connectivity index (χ1n) is 7.56. The zero-order chi connectivity index (χ0) is 18.8. The molecule has 0 aliphatic carbocycles. The minimum atomic E-state index is -3.68. The normalized spacial score (nSPS) is 12.0. The molecule has 2 rings (SSSR count). The predicted octanol–water partition coefficient (Wildman–Crippen LogP) is 3.14. The third-order valence-electron chi connectivity index (χ3n) is 3.28. The summed E-state index contributed by atoms with van der Waals surface area (Å²) in [6, 6.07) is 9.42. The SMILES string of the molecule is COc1ccc(C(=O)c2ccc(S(=O)(=O)NC(C)(C)C)cc2)cc1F. The molecule has 25 heavy (non-hydrogen) atoms. The summed E-state index contributed by atoms with van der Waals surface area (Å²) >= 11 is 0. The highest BCUT2D eigenvalue weighted by Gasteiger charge is 2.22. The molecule has 0 amide bonds. The van der Waals surface area contributed by atoms with Gasteiger partial charge in [-0.2, -0.15) is 0 Å². The van der Waals surface area contributed by atoms with Gasteiger partial charge in [0.25, 0.3) is 0 Å². The molecule has 0 radical (unpaired) electrons. The number of methoxy groups -OCH3 is 1. The second-order valence-corrected chi connectivity index (χ2v) is 8.24. The van der Waals surface area contributed by atoms with Crippen LogP contribution in [-0.2, 0) is 10.0 Å². The highest BCUT2D eigenvalue weighted by Crippen LogP contribution is 2.21. The zero-order valence-corrected chi connectivity index (χ0v) is 15.3. The number of benzene rings is 2. The van der Waals surface area contributed by atoms with E-state index in [0.29, 0.717) is 0 Å². The van der Waals surface area contributed by atoms with E-state index >= 15 is 0 Å². The third kappa shape index (κ3) is 4.64. The van der Waals surface area contributed by atoms with E-state index in [1.165, 1.54) is 43.5 Å². The molecule has 2 aromatic rings. The van der Waals surface area contributed by atoms with Crippen LogP contribution >= 0.6 is 0 Å². The summed E-state index contributed by atoms with van der Waals surface area (Å²) in [5, 5.41) is 0. The maximum absolute atomic E-state index is 13.7. The van der Waals surface area contributed by atoms with Gasteiger partial charge in [0.05, 0.1) is 12.0 Å². The molecule has 0 aliphatic heterocycles. The number of halogens is 1. The van der Waals surface area contributed by atoms with Crippen LogP contribution in [0.4, 0.5) is 4.39 Å². The molecule has 0 saturated heterocycles. The molecule has 0 aromatic heterocycles. The molecule has 0 spiro atoms. The lowest BCUT2D eigenvalue weighted by Crippen LogP contribution is -2.40. The Hall–Kier alpha value is -2.25. The summed E-state index contributed by atoms with van der Waals surface area (Å²) in [5.41, 5.74) is -0.200. The van der Waals surface area contributed by atoms with E-state index in [0.717, 1.165) is 6.07 Å². The van der Waals surface area contributed by atoms with Crippen molar-refractivity contribution >= 4 is 15.8 Å². The zero-order valence-electron chi connectivity index (χ0n) is 14.5. The molecule has 0 fully saturated rings. The molecule has 0 heterocycles. The fourth-order valence-electron chi connectivity index (χ4n) is 2.22. The summed E-state index contributed by atoms with van der Waals surface area (Å²) in [5.74, 6) is -0.998. The molecule has 0 aliphatic rings. The Kier molecular flexibility index (Phi) is 5.29. The summed E-state index contributed by atoms with van der Waals surface area (Å²) in [4.78, 5) is 12.5. The topological polar surface area (TPSA) is 72.5 Å². The Bertz CT molecular complexity index is 884. The molecular formula is C18H20FNO4S. The maximum Gasteiger partial charge on any atom is 0.241 e. The van der Waals surface area contributed by atoms with Crippen molar-refractivity contribution in [3.8, 4) is 5.75 Å². The Morgan fingerprint density at radius 2 is 1.60 bits per heavy atom. The van der Waals surface area contributed by atoms with Crippen molar-refractivity contribution in [2.75, 3.05) is 7.11 Å². The van der Waals surface area contributed by atoms with Crippen LogP contribution in [-0.4, -0.2) is 26.8 Å². The fourth-order valence-corrected chi connectivity index (χ4v) is 3.64. The van der Waals surface area contributed by atoms with Crippen molar-refractivity contribution in [3.05, 3.63) is 59.4 Å². The lowest BCUT2D eigenvalue weighted by atomic mass is 10.0. The van der Waals surface area contributed by atoms with E-state index in [1.54, 1.807) is 20.8 Å². The van der Waals surface area contributed by atoms with E-state index < -0.39 is 27.2 Å². The first kappa shape index (κ1) is 19.1. The highest BCUT2D eigenvalue weighted by atomic mass is 32.2. The number of ketones is 1. The molecule has 7 heteroatoms. The summed E-state index contributed by atoms with van der Waals surface area (Å²) in [6.07, 6.45) is 0.